The van der Waals surface area contributed by atoms with Crippen molar-refractivity contribution in [1.29, 1.82) is 0 Å². The number of hydrogen-bond donors (Lipinski definition) is 1. The Balaban J connectivity index is 1.90. The Labute approximate surface area is 151 Å². The van der Waals surface area contributed by atoms with E-state index in [9.17, 15) is 0 Å². The molecule has 26 heavy (non-hydrogen) atoms. The highest BCUT2D eigenvalue weighted by molar-refractivity contribution is 5.94. The van der Waals surface area contributed by atoms with Gasteiger partial charge in [0, 0.05) is 11.9 Å². The van der Waals surface area contributed by atoms with E-state index < -0.39 is 0 Å². The van der Waals surface area contributed by atoms with E-state index in [1.165, 1.54) is 6.33 Å². The van der Waals surface area contributed by atoms with Gasteiger partial charge in [0.1, 0.15) is 17.7 Å². The SMILES string of the molecule is COc1ccc(CNc2ncnc3c(OC)c(OC)ccc23)cc1OC. The molecule has 0 saturated heterocycles. The van der Waals surface area contributed by atoms with Crippen LogP contribution in [-0.2, 0) is 6.54 Å². The lowest BCUT2D eigenvalue weighted by Crippen LogP contribution is -2.04. The van der Waals surface area contributed by atoms with Gasteiger partial charge in [0.15, 0.2) is 23.0 Å². The molecule has 0 aliphatic heterocycles. The number of fused-ring (bicyclic) bond motifs is 1. The summed E-state index contributed by atoms with van der Waals surface area (Å²) < 4.78 is 21.4. The van der Waals surface area contributed by atoms with E-state index in [2.05, 4.69) is 15.3 Å². The van der Waals surface area contributed by atoms with Crippen molar-refractivity contribution in [2.24, 2.45) is 0 Å². The molecule has 0 aliphatic carbocycles. The van der Waals surface area contributed by atoms with Gasteiger partial charge in [0.25, 0.3) is 0 Å². The average molecular weight is 355 g/mol. The second-order valence-electron chi connectivity index (χ2n) is 5.46. The average Bonchev–Trinajstić information content (AvgIpc) is 2.70. The number of nitrogens with zero attached hydrogens (tertiary/aromatic N) is 2. The summed E-state index contributed by atoms with van der Waals surface area (Å²) in [7, 11) is 6.42. The molecule has 1 aromatic heterocycles. The molecule has 2 aromatic carbocycles. The van der Waals surface area contributed by atoms with Gasteiger partial charge in [-0.15, -0.1) is 0 Å². The van der Waals surface area contributed by atoms with Crippen LogP contribution in [-0.4, -0.2) is 38.4 Å². The van der Waals surface area contributed by atoms with E-state index in [0.717, 1.165) is 10.9 Å². The van der Waals surface area contributed by atoms with E-state index in [4.69, 9.17) is 18.9 Å². The Morgan fingerprint density at radius 3 is 2.23 bits per heavy atom. The molecular weight excluding hydrogens is 334 g/mol. The van der Waals surface area contributed by atoms with Crippen molar-refractivity contribution in [3.8, 4) is 23.0 Å². The van der Waals surface area contributed by atoms with Crippen molar-refractivity contribution in [1.82, 2.24) is 9.97 Å². The third-order valence-electron chi connectivity index (χ3n) is 4.06. The van der Waals surface area contributed by atoms with E-state index in [-0.39, 0.29) is 0 Å². The molecule has 0 radical (unpaired) electrons. The largest absolute Gasteiger partial charge is 0.493 e. The lowest BCUT2D eigenvalue weighted by atomic mass is 10.1. The summed E-state index contributed by atoms with van der Waals surface area (Å²) in [5.74, 6) is 3.31. The Kier molecular flexibility index (Phi) is 5.26. The number of aromatic nitrogens is 2. The van der Waals surface area contributed by atoms with Gasteiger partial charge in [-0.1, -0.05) is 6.07 Å². The molecule has 0 amide bonds. The van der Waals surface area contributed by atoms with Crippen molar-refractivity contribution >= 4 is 16.7 Å². The third kappa shape index (κ3) is 3.28. The van der Waals surface area contributed by atoms with Crippen LogP contribution < -0.4 is 24.3 Å². The number of hydrogen-bond acceptors (Lipinski definition) is 7. The first-order chi connectivity index (χ1) is 12.7. The fourth-order valence-corrected chi connectivity index (χ4v) is 2.76. The van der Waals surface area contributed by atoms with Crippen LogP contribution in [0, 0.1) is 0 Å². The zero-order valence-electron chi connectivity index (χ0n) is 15.2. The maximum atomic E-state index is 5.45. The summed E-state index contributed by atoms with van der Waals surface area (Å²) >= 11 is 0. The number of rotatable bonds is 7. The van der Waals surface area contributed by atoms with Crippen LogP contribution in [0.4, 0.5) is 5.82 Å². The van der Waals surface area contributed by atoms with Crippen LogP contribution in [0.2, 0.25) is 0 Å². The monoisotopic (exact) mass is 355 g/mol. The van der Waals surface area contributed by atoms with Gasteiger partial charge in [-0.3, -0.25) is 0 Å². The Bertz CT molecular complexity index is 915. The van der Waals surface area contributed by atoms with Crippen LogP contribution >= 0.6 is 0 Å². The van der Waals surface area contributed by atoms with Crippen LogP contribution in [0.1, 0.15) is 5.56 Å². The van der Waals surface area contributed by atoms with Gasteiger partial charge in [-0.25, -0.2) is 9.97 Å². The molecule has 0 unspecified atom stereocenters. The van der Waals surface area contributed by atoms with Gasteiger partial charge < -0.3 is 24.3 Å². The second kappa shape index (κ2) is 7.77. The summed E-state index contributed by atoms with van der Waals surface area (Å²) in [5.41, 5.74) is 1.73. The maximum Gasteiger partial charge on any atom is 0.187 e. The van der Waals surface area contributed by atoms with E-state index in [1.807, 2.05) is 30.3 Å². The molecule has 7 nitrogen and oxygen atoms in total. The van der Waals surface area contributed by atoms with Gasteiger partial charge in [0.05, 0.1) is 28.4 Å². The third-order valence-corrected chi connectivity index (χ3v) is 4.06. The van der Waals surface area contributed by atoms with Crippen molar-refractivity contribution < 1.29 is 18.9 Å². The summed E-state index contributed by atoms with van der Waals surface area (Å²) in [6.07, 6.45) is 1.50. The topological polar surface area (TPSA) is 74.7 Å². The number of ether oxygens (including phenoxy) is 4. The zero-order chi connectivity index (χ0) is 18.5. The number of anilines is 1. The number of nitrogens with one attached hydrogen (secondary N) is 1. The molecule has 0 aliphatic rings. The van der Waals surface area contributed by atoms with Crippen LogP contribution in [0.15, 0.2) is 36.7 Å². The standard InChI is InChI=1S/C19H21N3O4/c1-23-14-7-5-12(9-16(14)25-3)10-20-19-13-6-8-15(24-2)18(26-4)17(13)21-11-22-19/h5-9,11H,10H2,1-4H3,(H,20,21,22). The quantitative estimate of drug-likeness (QED) is 0.697. The molecule has 0 bridgehead atoms. The van der Waals surface area contributed by atoms with Crippen molar-refractivity contribution in [2.75, 3.05) is 33.8 Å². The lowest BCUT2D eigenvalue weighted by molar-refractivity contribution is 0.354. The molecule has 136 valence electrons. The number of benzene rings is 2. The summed E-state index contributed by atoms with van der Waals surface area (Å²) in [6, 6.07) is 9.53. The molecule has 7 heteroatoms. The Morgan fingerprint density at radius 2 is 1.54 bits per heavy atom. The molecule has 3 aromatic rings. The van der Waals surface area contributed by atoms with Gasteiger partial charge in [-0.2, -0.15) is 0 Å². The summed E-state index contributed by atoms with van der Waals surface area (Å²) in [6.45, 7) is 0.570. The van der Waals surface area contributed by atoms with Gasteiger partial charge >= 0.3 is 0 Å². The predicted octanol–water partition coefficient (Wildman–Crippen LogP) is 3.28. The minimum absolute atomic E-state index is 0.570. The first kappa shape index (κ1) is 17.6. The zero-order valence-corrected chi connectivity index (χ0v) is 15.2. The van der Waals surface area contributed by atoms with Crippen molar-refractivity contribution in [3.63, 3.8) is 0 Å². The molecular formula is C19H21N3O4. The van der Waals surface area contributed by atoms with Crippen LogP contribution in [0.3, 0.4) is 0 Å². The smallest absolute Gasteiger partial charge is 0.187 e. The second-order valence-corrected chi connectivity index (χ2v) is 5.46. The molecule has 1 heterocycles. The highest BCUT2D eigenvalue weighted by Gasteiger charge is 2.13. The summed E-state index contributed by atoms with van der Waals surface area (Å²) in [4.78, 5) is 8.69. The fourth-order valence-electron chi connectivity index (χ4n) is 2.76. The number of methoxy groups -OCH3 is 4. The minimum Gasteiger partial charge on any atom is -0.493 e. The molecule has 0 saturated carbocycles. The molecule has 3 rings (SSSR count). The van der Waals surface area contributed by atoms with Gasteiger partial charge in [-0.05, 0) is 29.8 Å². The summed E-state index contributed by atoms with van der Waals surface area (Å²) in [5, 5.41) is 4.19. The van der Waals surface area contributed by atoms with E-state index in [0.29, 0.717) is 40.9 Å². The predicted molar refractivity (Wildman–Crippen MR) is 99.5 cm³/mol. The first-order valence-corrected chi connectivity index (χ1v) is 8.02. The molecule has 0 atom stereocenters. The normalized spacial score (nSPS) is 10.5. The maximum absolute atomic E-state index is 5.45. The fraction of sp³-hybridized carbons (Fsp3) is 0.263. The molecule has 1 N–H and O–H groups in total. The van der Waals surface area contributed by atoms with Crippen LogP contribution in [0.25, 0.3) is 10.9 Å². The highest BCUT2D eigenvalue weighted by Crippen LogP contribution is 2.36. The minimum atomic E-state index is 0.570. The lowest BCUT2D eigenvalue weighted by Gasteiger charge is -2.13. The Morgan fingerprint density at radius 1 is 0.808 bits per heavy atom. The van der Waals surface area contributed by atoms with Crippen molar-refractivity contribution in [3.05, 3.63) is 42.2 Å². The molecule has 0 spiro atoms. The Hall–Kier alpha value is -3.22. The van der Waals surface area contributed by atoms with Crippen LogP contribution in [0.5, 0.6) is 23.0 Å². The van der Waals surface area contributed by atoms with E-state index in [1.54, 1.807) is 28.4 Å². The van der Waals surface area contributed by atoms with Gasteiger partial charge in [0.2, 0.25) is 0 Å². The highest BCUT2D eigenvalue weighted by atomic mass is 16.5. The van der Waals surface area contributed by atoms with Crippen molar-refractivity contribution in [2.45, 2.75) is 6.54 Å². The first-order valence-electron chi connectivity index (χ1n) is 8.02. The molecule has 0 fully saturated rings. The van der Waals surface area contributed by atoms with E-state index >= 15 is 0 Å².